The largest absolute Gasteiger partial charge is 0.465 e. The van der Waals surface area contributed by atoms with Gasteiger partial charge < -0.3 is 19.9 Å². The first-order chi connectivity index (χ1) is 13.5. The number of hydrogen-bond donors (Lipinski definition) is 1. The van der Waals surface area contributed by atoms with Crippen LogP contribution in [0.4, 0.5) is 0 Å². The van der Waals surface area contributed by atoms with Crippen LogP contribution in [0.5, 0.6) is 0 Å². The average molecular weight is 416 g/mol. The highest BCUT2D eigenvalue weighted by molar-refractivity contribution is 5.71. The number of ether oxygens (including phenoxy) is 3. The molecule has 0 aliphatic carbocycles. The van der Waals surface area contributed by atoms with Gasteiger partial charge in [0.15, 0.2) is 0 Å². The molecule has 0 amide bonds. The quantitative estimate of drug-likeness (QED) is 0.322. The fraction of sp³-hybridized carbons (Fsp3) is 0.864. The Morgan fingerprint density at radius 3 is 1.45 bits per heavy atom. The monoisotopic (exact) mass is 415 g/mol. The van der Waals surface area contributed by atoms with Gasteiger partial charge in [0.05, 0.1) is 19.8 Å². The molecule has 0 aliphatic heterocycles. The third kappa shape index (κ3) is 15.9. The second-order valence-corrected chi connectivity index (χ2v) is 8.94. The molecule has 2 unspecified atom stereocenters. The van der Waals surface area contributed by atoms with Crippen molar-refractivity contribution in [2.24, 2.45) is 29.4 Å². The molecule has 0 rings (SSSR count). The molecule has 0 aromatic heterocycles. The van der Waals surface area contributed by atoms with E-state index in [1.165, 1.54) is 0 Å². The van der Waals surface area contributed by atoms with Gasteiger partial charge in [0.1, 0.15) is 0 Å². The predicted octanol–water partition coefficient (Wildman–Crippen LogP) is 3.48. The Hall–Kier alpha value is -1.63. The summed E-state index contributed by atoms with van der Waals surface area (Å²) in [6.45, 7) is 12.9. The molecule has 170 valence electrons. The van der Waals surface area contributed by atoms with Crippen molar-refractivity contribution in [3.8, 4) is 0 Å². The first kappa shape index (κ1) is 27.4. The Balaban J connectivity index is 4.68. The number of nitrogens with two attached hydrogens (primary N) is 1. The number of esters is 3. The number of hydrogen-bond acceptors (Lipinski definition) is 7. The number of rotatable bonds is 15. The summed E-state index contributed by atoms with van der Waals surface area (Å²) >= 11 is 0. The molecule has 0 bridgehead atoms. The van der Waals surface area contributed by atoms with Gasteiger partial charge in [0.25, 0.3) is 0 Å². The second-order valence-electron chi connectivity index (χ2n) is 8.94. The SMILES string of the molecule is CC(C)COC(=O)CCC(N)C(CCC(=O)OCC(C)C)CC(=O)OCC(C)C. The molecule has 2 atom stereocenters. The minimum absolute atomic E-state index is 0.117. The third-order valence-corrected chi connectivity index (χ3v) is 4.17. The van der Waals surface area contributed by atoms with Crippen molar-refractivity contribution in [3.05, 3.63) is 0 Å². The highest BCUT2D eigenvalue weighted by Crippen LogP contribution is 2.20. The molecule has 0 aromatic carbocycles. The van der Waals surface area contributed by atoms with Gasteiger partial charge >= 0.3 is 17.9 Å². The van der Waals surface area contributed by atoms with Gasteiger partial charge in [-0.1, -0.05) is 41.5 Å². The standard InChI is InChI=1S/C22H41NO6/c1-15(2)12-27-20(24)9-7-18(11-22(26)29-14-17(5)6)19(23)8-10-21(25)28-13-16(3)4/h15-19H,7-14,23H2,1-6H3. The van der Waals surface area contributed by atoms with Gasteiger partial charge in [0, 0.05) is 25.3 Å². The lowest BCUT2D eigenvalue weighted by molar-refractivity contribution is -0.148. The van der Waals surface area contributed by atoms with Crippen molar-refractivity contribution >= 4 is 17.9 Å². The molecule has 0 saturated heterocycles. The lowest BCUT2D eigenvalue weighted by Gasteiger charge is -2.23. The topological polar surface area (TPSA) is 105 Å². The Morgan fingerprint density at radius 1 is 0.655 bits per heavy atom. The molecule has 7 heteroatoms. The molecule has 0 radical (unpaired) electrons. The maximum atomic E-state index is 12.2. The van der Waals surface area contributed by atoms with E-state index >= 15 is 0 Å². The van der Waals surface area contributed by atoms with Gasteiger partial charge in [-0.3, -0.25) is 14.4 Å². The molecule has 0 aliphatic rings. The summed E-state index contributed by atoms with van der Waals surface area (Å²) in [5, 5.41) is 0. The van der Waals surface area contributed by atoms with Gasteiger partial charge in [-0.25, -0.2) is 0 Å². The van der Waals surface area contributed by atoms with E-state index in [1.54, 1.807) is 0 Å². The molecule has 0 aromatic rings. The van der Waals surface area contributed by atoms with Crippen LogP contribution in [0.1, 0.15) is 73.6 Å². The first-order valence-electron chi connectivity index (χ1n) is 10.7. The van der Waals surface area contributed by atoms with Crippen LogP contribution >= 0.6 is 0 Å². The van der Waals surface area contributed by atoms with Crippen LogP contribution in [0, 0.1) is 23.7 Å². The lowest BCUT2D eigenvalue weighted by Crippen LogP contribution is -2.33. The van der Waals surface area contributed by atoms with Crippen molar-refractivity contribution in [2.45, 2.75) is 79.7 Å². The fourth-order valence-corrected chi connectivity index (χ4v) is 2.49. The Labute approximate surface area is 176 Å². The van der Waals surface area contributed by atoms with Crippen LogP contribution in [0.25, 0.3) is 0 Å². The Kier molecular flexibility index (Phi) is 14.4. The molecular formula is C22H41NO6. The summed E-state index contributed by atoms with van der Waals surface area (Å²) in [4.78, 5) is 35.9. The summed E-state index contributed by atoms with van der Waals surface area (Å²) in [5.74, 6) is -0.425. The zero-order chi connectivity index (χ0) is 22.4. The Morgan fingerprint density at radius 2 is 1.03 bits per heavy atom. The summed E-state index contributed by atoms with van der Waals surface area (Å²) in [7, 11) is 0. The number of carbonyl (C=O) groups excluding carboxylic acids is 3. The summed E-state index contributed by atoms with van der Waals surface area (Å²) < 4.78 is 15.6. The summed E-state index contributed by atoms with van der Waals surface area (Å²) in [6.07, 6.45) is 1.28. The van der Waals surface area contributed by atoms with E-state index in [2.05, 4.69) is 0 Å². The zero-order valence-corrected chi connectivity index (χ0v) is 19.1. The molecule has 0 spiro atoms. The second kappa shape index (κ2) is 15.2. The minimum Gasteiger partial charge on any atom is -0.465 e. The van der Waals surface area contributed by atoms with Gasteiger partial charge in [0.2, 0.25) is 0 Å². The average Bonchev–Trinajstić information content (AvgIpc) is 2.64. The van der Waals surface area contributed by atoms with Crippen LogP contribution in [-0.2, 0) is 28.6 Å². The van der Waals surface area contributed by atoms with Crippen LogP contribution in [-0.4, -0.2) is 43.8 Å². The van der Waals surface area contributed by atoms with Crippen LogP contribution in [0.15, 0.2) is 0 Å². The van der Waals surface area contributed by atoms with Crippen molar-refractivity contribution in [1.82, 2.24) is 0 Å². The van der Waals surface area contributed by atoms with Crippen LogP contribution < -0.4 is 5.73 Å². The highest BCUT2D eigenvalue weighted by atomic mass is 16.5. The van der Waals surface area contributed by atoms with Crippen molar-refractivity contribution in [2.75, 3.05) is 19.8 Å². The fourth-order valence-electron chi connectivity index (χ4n) is 2.49. The van der Waals surface area contributed by atoms with Crippen LogP contribution in [0.3, 0.4) is 0 Å². The minimum atomic E-state index is -0.411. The van der Waals surface area contributed by atoms with Gasteiger partial charge in [-0.2, -0.15) is 0 Å². The van der Waals surface area contributed by atoms with Gasteiger partial charge in [-0.05, 0) is 36.5 Å². The van der Waals surface area contributed by atoms with Gasteiger partial charge in [-0.15, -0.1) is 0 Å². The van der Waals surface area contributed by atoms with Crippen molar-refractivity contribution in [1.29, 1.82) is 0 Å². The summed E-state index contributed by atoms with van der Waals surface area (Å²) in [6, 6.07) is -0.411. The lowest BCUT2D eigenvalue weighted by atomic mass is 9.89. The van der Waals surface area contributed by atoms with Crippen LogP contribution in [0.2, 0.25) is 0 Å². The third-order valence-electron chi connectivity index (χ3n) is 4.17. The van der Waals surface area contributed by atoms with E-state index in [4.69, 9.17) is 19.9 Å². The van der Waals surface area contributed by atoms with Crippen molar-refractivity contribution in [3.63, 3.8) is 0 Å². The predicted molar refractivity (Wildman–Crippen MR) is 112 cm³/mol. The van der Waals surface area contributed by atoms with E-state index in [-0.39, 0.29) is 60.8 Å². The highest BCUT2D eigenvalue weighted by Gasteiger charge is 2.24. The first-order valence-corrected chi connectivity index (χ1v) is 10.7. The zero-order valence-electron chi connectivity index (χ0n) is 19.1. The molecule has 0 saturated carbocycles. The molecule has 29 heavy (non-hydrogen) atoms. The van der Waals surface area contributed by atoms with E-state index in [0.29, 0.717) is 32.7 Å². The molecule has 0 fully saturated rings. The normalized spacial score (nSPS) is 13.4. The van der Waals surface area contributed by atoms with E-state index in [0.717, 1.165) is 0 Å². The van der Waals surface area contributed by atoms with E-state index < -0.39 is 6.04 Å². The van der Waals surface area contributed by atoms with Crippen molar-refractivity contribution < 1.29 is 28.6 Å². The van der Waals surface area contributed by atoms with E-state index in [1.807, 2.05) is 41.5 Å². The Bertz CT molecular complexity index is 490. The maximum absolute atomic E-state index is 12.2. The molecular weight excluding hydrogens is 374 g/mol. The smallest absolute Gasteiger partial charge is 0.306 e. The number of carbonyl (C=O) groups is 3. The molecule has 7 nitrogen and oxygen atoms in total. The molecule has 0 heterocycles. The molecule has 2 N–H and O–H groups in total. The summed E-state index contributed by atoms with van der Waals surface area (Å²) in [5.41, 5.74) is 6.27. The maximum Gasteiger partial charge on any atom is 0.306 e. The van der Waals surface area contributed by atoms with E-state index in [9.17, 15) is 14.4 Å².